The van der Waals surface area contributed by atoms with Crippen molar-refractivity contribution in [1.29, 1.82) is 0 Å². The summed E-state index contributed by atoms with van der Waals surface area (Å²) in [5, 5.41) is 0. The van der Waals surface area contributed by atoms with Crippen LogP contribution < -0.4 is 11.5 Å². The number of nitrogen functional groups attached to an aromatic ring is 1. The first-order valence-corrected chi connectivity index (χ1v) is 6.36. The number of anilines is 1. The van der Waals surface area contributed by atoms with Crippen molar-refractivity contribution in [2.75, 3.05) is 12.0 Å². The Kier molecular flexibility index (Phi) is 4.05. The monoisotopic (exact) mass is 224 g/mol. The molecule has 0 aromatic heterocycles. The molecule has 15 heavy (non-hydrogen) atoms. The van der Waals surface area contributed by atoms with Gasteiger partial charge in [-0.1, -0.05) is 6.07 Å². The van der Waals surface area contributed by atoms with Crippen LogP contribution >= 0.6 is 11.8 Å². The average molecular weight is 224 g/mol. The maximum absolute atomic E-state index is 5.95. The summed E-state index contributed by atoms with van der Waals surface area (Å²) in [5.74, 6) is 0. The normalized spacial score (nSPS) is 11.7. The van der Waals surface area contributed by atoms with Crippen LogP contribution in [-0.2, 0) is 6.42 Å². The van der Waals surface area contributed by atoms with Crippen LogP contribution in [0.1, 0.15) is 25.8 Å². The van der Waals surface area contributed by atoms with Crippen LogP contribution in [-0.4, -0.2) is 11.8 Å². The van der Waals surface area contributed by atoms with Gasteiger partial charge in [0.1, 0.15) is 0 Å². The molecule has 0 atom stereocenters. The number of benzene rings is 1. The first-order valence-electron chi connectivity index (χ1n) is 5.13. The number of nitrogens with two attached hydrogens (primary N) is 2. The topological polar surface area (TPSA) is 52.0 Å². The van der Waals surface area contributed by atoms with E-state index in [2.05, 4.69) is 26.0 Å². The van der Waals surface area contributed by atoms with Crippen LogP contribution in [0.4, 0.5) is 5.69 Å². The van der Waals surface area contributed by atoms with Crippen molar-refractivity contribution >= 4 is 17.4 Å². The van der Waals surface area contributed by atoms with Crippen molar-refractivity contribution < 1.29 is 0 Å². The molecule has 3 heteroatoms. The van der Waals surface area contributed by atoms with E-state index in [4.69, 9.17) is 11.5 Å². The molecule has 0 aliphatic rings. The van der Waals surface area contributed by atoms with Crippen molar-refractivity contribution in [2.24, 2.45) is 5.73 Å². The summed E-state index contributed by atoms with van der Waals surface area (Å²) in [6.07, 6.45) is 4.05. The minimum Gasteiger partial charge on any atom is -0.398 e. The van der Waals surface area contributed by atoms with Gasteiger partial charge in [-0.2, -0.15) is 0 Å². The molecule has 0 saturated heterocycles. The molecule has 1 rings (SSSR count). The summed E-state index contributed by atoms with van der Waals surface area (Å²) < 4.78 is 0. The van der Waals surface area contributed by atoms with Crippen LogP contribution in [0.2, 0.25) is 0 Å². The lowest BCUT2D eigenvalue weighted by atomic mass is 9.96. The SMILES string of the molecule is CSc1cc(CCC(C)(C)N)ccc1N. The maximum Gasteiger partial charge on any atom is 0.0452 e. The second kappa shape index (κ2) is 4.90. The lowest BCUT2D eigenvalue weighted by Gasteiger charge is -2.18. The zero-order valence-electron chi connectivity index (χ0n) is 9.71. The Bertz CT molecular complexity index is 329. The maximum atomic E-state index is 5.95. The minimum atomic E-state index is -0.0963. The Morgan fingerprint density at radius 1 is 1.33 bits per heavy atom. The molecule has 84 valence electrons. The molecular formula is C12H20N2S. The van der Waals surface area contributed by atoms with E-state index in [1.807, 2.05) is 12.3 Å². The van der Waals surface area contributed by atoms with E-state index in [1.54, 1.807) is 11.8 Å². The van der Waals surface area contributed by atoms with E-state index in [-0.39, 0.29) is 5.54 Å². The van der Waals surface area contributed by atoms with Crippen molar-refractivity contribution in [1.82, 2.24) is 0 Å². The molecule has 0 unspecified atom stereocenters. The van der Waals surface area contributed by atoms with Crippen LogP contribution in [0.15, 0.2) is 23.1 Å². The van der Waals surface area contributed by atoms with Gasteiger partial charge < -0.3 is 11.5 Å². The average Bonchev–Trinajstić information content (AvgIpc) is 2.15. The quantitative estimate of drug-likeness (QED) is 0.610. The fraction of sp³-hybridized carbons (Fsp3) is 0.500. The van der Waals surface area contributed by atoms with Gasteiger partial charge in [0.15, 0.2) is 0 Å². The van der Waals surface area contributed by atoms with Crippen LogP contribution in [0.25, 0.3) is 0 Å². The van der Waals surface area contributed by atoms with E-state index in [0.29, 0.717) is 0 Å². The minimum absolute atomic E-state index is 0.0963. The molecule has 0 aliphatic heterocycles. The summed E-state index contributed by atoms with van der Waals surface area (Å²) >= 11 is 1.69. The molecule has 0 saturated carbocycles. The highest BCUT2D eigenvalue weighted by atomic mass is 32.2. The van der Waals surface area contributed by atoms with Gasteiger partial charge in [0.2, 0.25) is 0 Å². The van der Waals surface area contributed by atoms with Gasteiger partial charge >= 0.3 is 0 Å². The Morgan fingerprint density at radius 2 is 2.00 bits per heavy atom. The van der Waals surface area contributed by atoms with Gasteiger partial charge in [0.25, 0.3) is 0 Å². The molecule has 0 radical (unpaired) electrons. The molecule has 0 fully saturated rings. The van der Waals surface area contributed by atoms with Crippen molar-refractivity contribution in [2.45, 2.75) is 37.1 Å². The predicted octanol–water partition coefficient (Wildman–Crippen LogP) is 2.66. The highest BCUT2D eigenvalue weighted by Crippen LogP contribution is 2.24. The van der Waals surface area contributed by atoms with Gasteiger partial charge in [0, 0.05) is 16.1 Å². The van der Waals surface area contributed by atoms with Crippen molar-refractivity contribution in [3.63, 3.8) is 0 Å². The third-order valence-corrected chi connectivity index (χ3v) is 3.15. The summed E-state index contributed by atoms with van der Waals surface area (Å²) in [5.41, 5.74) is 13.9. The zero-order valence-corrected chi connectivity index (χ0v) is 10.5. The van der Waals surface area contributed by atoms with E-state index in [9.17, 15) is 0 Å². The van der Waals surface area contributed by atoms with E-state index in [0.717, 1.165) is 23.4 Å². The van der Waals surface area contributed by atoms with Crippen LogP contribution in [0, 0.1) is 0 Å². The zero-order chi connectivity index (χ0) is 11.5. The Hall–Kier alpha value is -0.670. The van der Waals surface area contributed by atoms with Gasteiger partial charge in [0.05, 0.1) is 0 Å². The molecule has 1 aromatic carbocycles. The lowest BCUT2D eigenvalue weighted by Crippen LogP contribution is -2.32. The lowest BCUT2D eigenvalue weighted by molar-refractivity contribution is 0.477. The van der Waals surface area contributed by atoms with Crippen molar-refractivity contribution in [3.05, 3.63) is 23.8 Å². The predicted molar refractivity (Wildman–Crippen MR) is 69.2 cm³/mol. The second-order valence-electron chi connectivity index (χ2n) is 4.56. The number of rotatable bonds is 4. The van der Waals surface area contributed by atoms with Crippen LogP contribution in [0.5, 0.6) is 0 Å². The van der Waals surface area contributed by atoms with Gasteiger partial charge in [-0.3, -0.25) is 0 Å². The van der Waals surface area contributed by atoms with Gasteiger partial charge in [-0.25, -0.2) is 0 Å². The van der Waals surface area contributed by atoms with E-state index in [1.165, 1.54) is 5.56 Å². The van der Waals surface area contributed by atoms with Gasteiger partial charge in [-0.15, -0.1) is 11.8 Å². The second-order valence-corrected chi connectivity index (χ2v) is 5.41. The molecule has 0 spiro atoms. The van der Waals surface area contributed by atoms with Crippen molar-refractivity contribution in [3.8, 4) is 0 Å². The largest absolute Gasteiger partial charge is 0.398 e. The molecule has 0 bridgehead atoms. The summed E-state index contributed by atoms with van der Waals surface area (Å²) in [6, 6.07) is 6.22. The van der Waals surface area contributed by atoms with Gasteiger partial charge in [-0.05, 0) is 50.6 Å². The fourth-order valence-electron chi connectivity index (χ4n) is 1.38. The highest BCUT2D eigenvalue weighted by Gasteiger charge is 2.10. The standard InChI is InChI=1S/C12H20N2S/c1-12(2,14)7-6-9-4-5-10(13)11(8-9)15-3/h4-5,8H,6-7,13-14H2,1-3H3. The first-order chi connectivity index (χ1) is 6.92. The van der Waals surface area contributed by atoms with E-state index >= 15 is 0 Å². The summed E-state index contributed by atoms with van der Waals surface area (Å²) in [4.78, 5) is 1.15. The summed E-state index contributed by atoms with van der Waals surface area (Å²) in [6.45, 7) is 4.11. The third-order valence-electron chi connectivity index (χ3n) is 2.36. The molecule has 4 N–H and O–H groups in total. The molecule has 0 heterocycles. The number of hydrogen-bond acceptors (Lipinski definition) is 3. The number of hydrogen-bond donors (Lipinski definition) is 2. The first kappa shape index (κ1) is 12.4. The molecule has 0 aliphatic carbocycles. The molecular weight excluding hydrogens is 204 g/mol. The third kappa shape index (κ3) is 4.14. The Balaban J connectivity index is 2.70. The van der Waals surface area contributed by atoms with Crippen LogP contribution in [0.3, 0.4) is 0 Å². The fourth-order valence-corrected chi connectivity index (χ4v) is 1.95. The number of thioether (sulfide) groups is 1. The van der Waals surface area contributed by atoms with E-state index < -0.39 is 0 Å². The molecule has 1 aromatic rings. The molecule has 2 nitrogen and oxygen atoms in total. The summed E-state index contributed by atoms with van der Waals surface area (Å²) in [7, 11) is 0. The smallest absolute Gasteiger partial charge is 0.0452 e. The Labute approximate surface area is 96.4 Å². The number of aryl methyl sites for hydroxylation is 1. The molecule has 0 amide bonds. The Morgan fingerprint density at radius 3 is 2.53 bits per heavy atom. The highest BCUT2D eigenvalue weighted by molar-refractivity contribution is 7.98.